The van der Waals surface area contributed by atoms with Crippen molar-refractivity contribution in [1.82, 2.24) is 4.90 Å². The van der Waals surface area contributed by atoms with Crippen molar-refractivity contribution in [2.24, 2.45) is 0 Å². The molecular formula is C14H17NO2. The van der Waals surface area contributed by atoms with Gasteiger partial charge in [0.05, 0.1) is 12.1 Å². The van der Waals surface area contributed by atoms with Gasteiger partial charge in [0.25, 0.3) is 0 Å². The maximum absolute atomic E-state index is 10.7. The maximum atomic E-state index is 10.7. The van der Waals surface area contributed by atoms with Crippen LogP contribution in [-0.4, -0.2) is 35.6 Å². The highest BCUT2D eigenvalue weighted by molar-refractivity contribution is 5.87. The standard InChI is InChI=1S/C14H17NO2/c1-3-10-15(4-2)11-9-12-5-7-13(8-6-12)14(16)17/h1,5-8H,4,9-11H2,2H3,(H,16,17). The lowest BCUT2D eigenvalue weighted by atomic mass is 10.1. The van der Waals surface area contributed by atoms with Crippen LogP contribution in [0.1, 0.15) is 22.8 Å². The highest BCUT2D eigenvalue weighted by atomic mass is 16.4. The molecule has 0 aliphatic rings. The number of benzene rings is 1. The molecule has 0 saturated heterocycles. The van der Waals surface area contributed by atoms with Gasteiger partial charge in [0.15, 0.2) is 0 Å². The summed E-state index contributed by atoms with van der Waals surface area (Å²) >= 11 is 0. The minimum atomic E-state index is -0.890. The summed E-state index contributed by atoms with van der Waals surface area (Å²) in [7, 11) is 0. The quantitative estimate of drug-likeness (QED) is 0.760. The van der Waals surface area contributed by atoms with Crippen LogP contribution < -0.4 is 0 Å². The average molecular weight is 231 g/mol. The molecule has 0 aromatic heterocycles. The normalized spacial score (nSPS) is 10.2. The fourth-order valence-electron chi connectivity index (χ4n) is 1.58. The number of carbonyl (C=O) groups is 1. The first-order valence-corrected chi connectivity index (χ1v) is 5.65. The van der Waals surface area contributed by atoms with E-state index in [0.29, 0.717) is 12.1 Å². The van der Waals surface area contributed by atoms with Gasteiger partial charge < -0.3 is 5.11 Å². The Labute approximate surface area is 102 Å². The largest absolute Gasteiger partial charge is 0.478 e. The summed E-state index contributed by atoms with van der Waals surface area (Å²) in [6.07, 6.45) is 6.15. The molecule has 0 aliphatic carbocycles. The Morgan fingerprint density at radius 2 is 2.06 bits per heavy atom. The zero-order valence-corrected chi connectivity index (χ0v) is 10.0. The van der Waals surface area contributed by atoms with Crippen molar-refractivity contribution in [2.45, 2.75) is 13.3 Å². The molecule has 0 spiro atoms. The number of aromatic carboxylic acids is 1. The zero-order chi connectivity index (χ0) is 12.7. The van der Waals surface area contributed by atoms with Crippen LogP contribution in [0.5, 0.6) is 0 Å². The topological polar surface area (TPSA) is 40.5 Å². The van der Waals surface area contributed by atoms with Crippen molar-refractivity contribution in [2.75, 3.05) is 19.6 Å². The number of terminal acetylenes is 1. The summed E-state index contributed by atoms with van der Waals surface area (Å²) in [5, 5.41) is 8.77. The molecule has 1 aromatic rings. The van der Waals surface area contributed by atoms with Crippen molar-refractivity contribution >= 4 is 5.97 Å². The predicted molar refractivity (Wildman–Crippen MR) is 68.1 cm³/mol. The highest BCUT2D eigenvalue weighted by Crippen LogP contribution is 2.06. The molecule has 1 N–H and O–H groups in total. The number of hydrogen-bond acceptors (Lipinski definition) is 2. The average Bonchev–Trinajstić information content (AvgIpc) is 2.35. The van der Waals surface area contributed by atoms with Crippen molar-refractivity contribution in [3.05, 3.63) is 35.4 Å². The Bertz CT molecular complexity index is 403. The first-order chi connectivity index (χ1) is 8.17. The van der Waals surface area contributed by atoms with Gasteiger partial charge in [-0.1, -0.05) is 25.0 Å². The summed E-state index contributed by atoms with van der Waals surface area (Å²) in [4.78, 5) is 12.9. The fraction of sp³-hybridized carbons (Fsp3) is 0.357. The van der Waals surface area contributed by atoms with E-state index in [1.54, 1.807) is 12.1 Å². The Hall–Kier alpha value is -1.79. The van der Waals surface area contributed by atoms with Crippen molar-refractivity contribution in [3.8, 4) is 12.3 Å². The Kier molecular flexibility index (Phi) is 5.25. The van der Waals surface area contributed by atoms with E-state index in [1.165, 1.54) is 0 Å². The Morgan fingerprint density at radius 3 is 2.53 bits per heavy atom. The molecule has 1 aromatic carbocycles. The van der Waals surface area contributed by atoms with Gasteiger partial charge in [-0.25, -0.2) is 4.79 Å². The Morgan fingerprint density at radius 1 is 1.41 bits per heavy atom. The third kappa shape index (κ3) is 4.29. The van der Waals surface area contributed by atoms with Crippen molar-refractivity contribution in [3.63, 3.8) is 0 Å². The van der Waals surface area contributed by atoms with Crippen LogP contribution in [0, 0.1) is 12.3 Å². The van der Waals surface area contributed by atoms with Crippen molar-refractivity contribution in [1.29, 1.82) is 0 Å². The van der Waals surface area contributed by atoms with Gasteiger partial charge in [-0.2, -0.15) is 0 Å². The second-order valence-electron chi connectivity index (χ2n) is 3.82. The molecule has 0 aliphatic heterocycles. The van der Waals surface area contributed by atoms with E-state index < -0.39 is 5.97 Å². The first-order valence-electron chi connectivity index (χ1n) is 5.65. The molecule has 0 fully saturated rings. The molecule has 0 saturated carbocycles. The molecule has 0 atom stereocenters. The SMILES string of the molecule is C#CCN(CC)CCc1ccc(C(=O)O)cc1. The third-order valence-electron chi connectivity index (χ3n) is 2.68. The fourth-order valence-corrected chi connectivity index (χ4v) is 1.58. The van der Waals surface area contributed by atoms with Crippen LogP contribution in [0.15, 0.2) is 24.3 Å². The summed E-state index contributed by atoms with van der Waals surface area (Å²) < 4.78 is 0. The lowest BCUT2D eigenvalue weighted by molar-refractivity contribution is 0.0697. The molecular weight excluding hydrogens is 214 g/mol. The van der Waals surface area contributed by atoms with Crippen LogP contribution in [0.4, 0.5) is 0 Å². The molecule has 0 bridgehead atoms. The number of nitrogens with zero attached hydrogens (tertiary/aromatic N) is 1. The molecule has 0 heterocycles. The van der Waals surface area contributed by atoms with E-state index in [9.17, 15) is 4.79 Å². The van der Waals surface area contributed by atoms with Gasteiger partial charge in [0.2, 0.25) is 0 Å². The summed E-state index contributed by atoms with van der Waals surface area (Å²) in [5.74, 6) is 1.74. The van der Waals surface area contributed by atoms with Crippen LogP contribution in [0.25, 0.3) is 0 Å². The second-order valence-corrected chi connectivity index (χ2v) is 3.82. The third-order valence-corrected chi connectivity index (χ3v) is 2.68. The van der Waals surface area contributed by atoms with Gasteiger partial charge in [0, 0.05) is 6.54 Å². The van der Waals surface area contributed by atoms with Gasteiger partial charge >= 0.3 is 5.97 Å². The van der Waals surface area contributed by atoms with Crippen LogP contribution in [0.3, 0.4) is 0 Å². The van der Waals surface area contributed by atoms with Gasteiger partial charge in [-0.05, 0) is 30.7 Å². The highest BCUT2D eigenvalue weighted by Gasteiger charge is 2.03. The number of rotatable bonds is 6. The molecule has 0 unspecified atom stereocenters. The first kappa shape index (κ1) is 13.3. The zero-order valence-electron chi connectivity index (χ0n) is 10.0. The van der Waals surface area contributed by atoms with E-state index in [4.69, 9.17) is 11.5 Å². The van der Waals surface area contributed by atoms with Crippen molar-refractivity contribution < 1.29 is 9.90 Å². The van der Waals surface area contributed by atoms with E-state index in [-0.39, 0.29) is 0 Å². The van der Waals surface area contributed by atoms with E-state index in [0.717, 1.165) is 25.1 Å². The van der Waals surface area contributed by atoms with E-state index >= 15 is 0 Å². The summed E-state index contributed by atoms with van der Waals surface area (Å²) in [6, 6.07) is 6.98. The van der Waals surface area contributed by atoms with Gasteiger partial charge in [0.1, 0.15) is 0 Å². The molecule has 3 nitrogen and oxygen atoms in total. The number of likely N-dealkylation sites (N-methyl/N-ethyl adjacent to an activating group) is 1. The minimum Gasteiger partial charge on any atom is -0.478 e. The molecule has 0 radical (unpaired) electrons. The molecule has 3 heteroatoms. The van der Waals surface area contributed by atoms with E-state index in [1.807, 2.05) is 12.1 Å². The molecule has 1 rings (SSSR count). The van der Waals surface area contributed by atoms with Gasteiger partial charge in [-0.3, -0.25) is 4.90 Å². The summed E-state index contributed by atoms with van der Waals surface area (Å²) in [6.45, 7) is 4.55. The molecule has 90 valence electrons. The maximum Gasteiger partial charge on any atom is 0.335 e. The molecule has 17 heavy (non-hydrogen) atoms. The number of carboxylic acid groups (broad SMARTS) is 1. The van der Waals surface area contributed by atoms with Crippen LogP contribution in [0.2, 0.25) is 0 Å². The lowest BCUT2D eigenvalue weighted by Crippen LogP contribution is -2.26. The predicted octanol–water partition coefficient (Wildman–Crippen LogP) is 1.88. The summed E-state index contributed by atoms with van der Waals surface area (Å²) in [5.41, 5.74) is 1.45. The van der Waals surface area contributed by atoms with E-state index in [2.05, 4.69) is 17.7 Å². The Balaban J connectivity index is 2.52. The number of carboxylic acids is 1. The van der Waals surface area contributed by atoms with Crippen LogP contribution in [-0.2, 0) is 6.42 Å². The van der Waals surface area contributed by atoms with Crippen LogP contribution >= 0.6 is 0 Å². The minimum absolute atomic E-state index is 0.324. The number of hydrogen-bond donors (Lipinski definition) is 1. The van der Waals surface area contributed by atoms with Gasteiger partial charge in [-0.15, -0.1) is 6.42 Å². The monoisotopic (exact) mass is 231 g/mol. The lowest BCUT2D eigenvalue weighted by Gasteiger charge is -2.16. The second kappa shape index (κ2) is 6.72. The smallest absolute Gasteiger partial charge is 0.335 e. The molecule has 0 amide bonds.